The third kappa shape index (κ3) is 2.31. The number of phenols is 1. The average molecular weight is 232 g/mol. The molecule has 2 aromatic rings. The molecule has 6 nitrogen and oxygen atoms in total. The Labute approximate surface area is 95.2 Å². The van der Waals surface area contributed by atoms with Crippen LogP contribution in [-0.4, -0.2) is 26.2 Å². The number of benzene rings is 1. The standard InChI is InChI=1S/C11H8N2O4/c14-7-3-1-2-6(4-7)8-5-9(15)13-10(12-8)11(16)17/h1-5,14H,(H,16,17)(H,12,13,15). The van der Waals surface area contributed by atoms with Gasteiger partial charge in [-0.05, 0) is 12.1 Å². The van der Waals surface area contributed by atoms with Crippen molar-refractivity contribution in [2.45, 2.75) is 0 Å². The van der Waals surface area contributed by atoms with Gasteiger partial charge >= 0.3 is 5.97 Å². The number of aromatic nitrogens is 2. The lowest BCUT2D eigenvalue weighted by atomic mass is 10.1. The van der Waals surface area contributed by atoms with E-state index in [0.29, 0.717) is 5.56 Å². The highest BCUT2D eigenvalue weighted by atomic mass is 16.4. The molecule has 0 aliphatic rings. The zero-order valence-electron chi connectivity index (χ0n) is 8.54. The Morgan fingerprint density at radius 3 is 2.71 bits per heavy atom. The molecule has 2 rings (SSSR count). The fourth-order valence-corrected chi connectivity index (χ4v) is 1.37. The topological polar surface area (TPSA) is 103 Å². The summed E-state index contributed by atoms with van der Waals surface area (Å²) in [6.07, 6.45) is 0. The fraction of sp³-hybridized carbons (Fsp3) is 0. The van der Waals surface area contributed by atoms with Gasteiger partial charge in [0.2, 0.25) is 5.82 Å². The molecule has 0 bridgehead atoms. The van der Waals surface area contributed by atoms with Crippen LogP contribution >= 0.6 is 0 Å². The lowest BCUT2D eigenvalue weighted by Gasteiger charge is -2.02. The van der Waals surface area contributed by atoms with Gasteiger partial charge in [-0.1, -0.05) is 12.1 Å². The molecule has 6 heteroatoms. The first-order valence-electron chi connectivity index (χ1n) is 4.70. The normalized spacial score (nSPS) is 10.1. The number of phenolic OH excluding ortho intramolecular Hbond substituents is 1. The third-order valence-electron chi connectivity index (χ3n) is 2.09. The van der Waals surface area contributed by atoms with Crippen LogP contribution in [0.4, 0.5) is 0 Å². The van der Waals surface area contributed by atoms with Crippen LogP contribution < -0.4 is 5.56 Å². The number of nitrogens with one attached hydrogen (secondary N) is 1. The van der Waals surface area contributed by atoms with E-state index in [0.717, 1.165) is 0 Å². The number of carboxylic acid groups (broad SMARTS) is 1. The predicted molar refractivity (Wildman–Crippen MR) is 58.9 cm³/mol. The van der Waals surface area contributed by atoms with E-state index in [4.69, 9.17) is 5.11 Å². The summed E-state index contributed by atoms with van der Waals surface area (Å²) in [5, 5.41) is 18.0. The van der Waals surface area contributed by atoms with Crippen LogP contribution in [0.1, 0.15) is 10.6 Å². The lowest BCUT2D eigenvalue weighted by molar-refractivity contribution is 0.0683. The Morgan fingerprint density at radius 1 is 1.29 bits per heavy atom. The molecule has 0 saturated heterocycles. The van der Waals surface area contributed by atoms with Crippen molar-refractivity contribution in [3.05, 3.63) is 46.5 Å². The molecule has 17 heavy (non-hydrogen) atoms. The Hall–Kier alpha value is -2.63. The zero-order chi connectivity index (χ0) is 12.4. The summed E-state index contributed by atoms with van der Waals surface area (Å²) < 4.78 is 0. The lowest BCUT2D eigenvalue weighted by Crippen LogP contribution is -2.15. The highest BCUT2D eigenvalue weighted by molar-refractivity contribution is 5.83. The monoisotopic (exact) mass is 232 g/mol. The third-order valence-corrected chi connectivity index (χ3v) is 2.09. The number of hydrogen-bond acceptors (Lipinski definition) is 4. The molecule has 0 atom stereocenters. The molecule has 0 radical (unpaired) electrons. The molecule has 0 aliphatic carbocycles. The zero-order valence-corrected chi connectivity index (χ0v) is 8.54. The number of aromatic hydroxyl groups is 1. The van der Waals surface area contributed by atoms with Gasteiger partial charge in [-0.3, -0.25) is 4.79 Å². The maximum atomic E-state index is 11.3. The van der Waals surface area contributed by atoms with Crippen molar-refractivity contribution < 1.29 is 15.0 Å². The quantitative estimate of drug-likeness (QED) is 0.711. The van der Waals surface area contributed by atoms with Crippen LogP contribution in [0, 0.1) is 0 Å². The van der Waals surface area contributed by atoms with Crippen molar-refractivity contribution in [3.8, 4) is 17.0 Å². The van der Waals surface area contributed by atoms with Crippen molar-refractivity contribution in [2.75, 3.05) is 0 Å². The highest BCUT2D eigenvalue weighted by Gasteiger charge is 2.09. The Kier molecular flexibility index (Phi) is 2.61. The molecule has 0 saturated carbocycles. The molecule has 1 heterocycles. The summed E-state index contributed by atoms with van der Waals surface area (Å²) in [6.45, 7) is 0. The van der Waals surface area contributed by atoms with Crippen molar-refractivity contribution in [1.29, 1.82) is 0 Å². The van der Waals surface area contributed by atoms with Crippen LogP contribution in [0.2, 0.25) is 0 Å². The Balaban J connectivity index is 2.60. The fourth-order valence-electron chi connectivity index (χ4n) is 1.37. The molecule has 0 amide bonds. The van der Waals surface area contributed by atoms with E-state index in [9.17, 15) is 14.7 Å². The molecular formula is C11H8N2O4. The first-order valence-corrected chi connectivity index (χ1v) is 4.70. The van der Waals surface area contributed by atoms with Gasteiger partial charge in [0.1, 0.15) is 5.75 Å². The van der Waals surface area contributed by atoms with Crippen LogP contribution in [0.5, 0.6) is 5.75 Å². The minimum absolute atomic E-state index is 0.0152. The maximum Gasteiger partial charge on any atom is 0.372 e. The van der Waals surface area contributed by atoms with Gasteiger partial charge in [-0.25, -0.2) is 9.78 Å². The molecule has 1 aromatic carbocycles. The van der Waals surface area contributed by atoms with E-state index in [1.807, 2.05) is 0 Å². The van der Waals surface area contributed by atoms with Gasteiger partial charge in [0.25, 0.3) is 5.56 Å². The molecule has 0 fully saturated rings. The number of aromatic carboxylic acids is 1. The summed E-state index contributed by atoms with van der Waals surface area (Å²) in [7, 11) is 0. The second kappa shape index (κ2) is 4.09. The van der Waals surface area contributed by atoms with Crippen LogP contribution in [0.3, 0.4) is 0 Å². The van der Waals surface area contributed by atoms with Gasteiger partial charge in [0.05, 0.1) is 5.69 Å². The molecule has 3 N–H and O–H groups in total. The summed E-state index contributed by atoms with van der Waals surface area (Å²) in [4.78, 5) is 27.9. The average Bonchev–Trinajstić information content (AvgIpc) is 2.28. The smallest absolute Gasteiger partial charge is 0.372 e. The summed E-state index contributed by atoms with van der Waals surface area (Å²) in [6, 6.07) is 7.23. The van der Waals surface area contributed by atoms with Crippen LogP contribution in [-0.2, 0) is 0 Å². The summed E-state index contributed by atoms with van der Waals surface area (Å²) >= 11 is 0. The van der Waals surface area contributed by atoms with Gasteiger partial charge < -0.3 is 15.2 Å². The van der Waals surface area contributed by atoms with E-state index in [2.05, 4.69) is 9.97 Å². The number of carbonyl (C=O) groups is 1. The second-order valence-electron chi connectivity index (χ2n) is 3.33. The molecule has 1 aromatic heterocycles. The summed E-state index contributed by atoms with van der Waals surface area (Å²) in [5.74, 6) is -1.73. The second-order valence-corrected chi connectivity index (χ2v) is 3.33. The Morgan fingerprint density at radius 2 is 2.06 bits per heavy atom. The summed E-state index contributed by atoms with van der Waals surface area (Å²) in [5.41, 5.74) is 0.108. The van der Waals surface area contributed by atoms with E-state index in [1.165, 1.54) is 18.2 Å². The first-order chi connectivity index (χ1) is 8.06. The minimum atomic E-state index is -1.32. The van der Waals surface area contributed by atoms with E-state index < -0.39 is 17.4 Å². The largest absolute Gasteiger partial charge is 0.508 e. The number of aromatic amines is 1. The van der Waals surface area contributed by atoms with Gasteiger partial charge in [-0.2, -0.15) is 0 Å². The number of nitrogens with zero attached hydrogens (tertiary/aromatic N) is 1. The first kappa shape index (κ1) is 10.9. The van der Waals surface area contributed by atoms with E-state index in [1.54, 1.807) is 12.1 Å². The number of hydrogen-bond donors (Lipinski definition) is 3. The van der Waals surface area contributed by atoms with E-state index >= 15 is 0 Å². The highest BCUT2D eigenvalue weighted by Crippen LogP contribution is 2.20. The molecule has 0 aliphatic heterocycles. The molecular weight excluding hydrogens is 224 g/mol. The van der Waals surface area contributed by atoms with Gasteiger partial charge in [0.15, 0.2) is 0 Å². The van der Waals surface area contributed by atoms with Gasteiger partial charge in [-0.15, -0.1) is 0 Å². The van der Waals surface area contributed by atoms with E-state index in [-0.39, 0.29) is 11.4 Å². The molecule has 86 valence electrons. The van der Waals surface area contributed by atoms with Crippen LogP contribution in [0.25, 0.3) is 11.3 Å². The van der Waals surface area contributed by atoms with Crippen molar-refractivity contribution >= 4 is 5.97 Å². The van der Waals surface area contributed by atoms with Crippen molar-refractivity contribution in [2.24, 2.45) is 0 Å². The molecule has 0 unspecified atom stereocenters. The number of H-pyrrole nitrogens is 1. The van der Waals surface area contributed by atoms with Crippen LogP contribution in [0.15, 0.2) is 35.1 Å². The SMILES string of the molecule is O=C(O)c1nc(-c2cccc(O)c2)cc(=O)[nH]1. The molecule has 0 spiro atoms. The maximum absolute atomic E-state index is 11.3. The van der Waals surface area contributed by atoms with Crippen molar-refractivity contribution in [3.63, 3.8) is 0 Å². The Bertz CT molecular complexity index is 633. The number of carboxylic acids is 1. The number of rotatable bonds is 2. The van der Waals surface area contributed by atoms with Gasteiger partial charge in [0, 0.05) is 11.6 Å². The minimum Gasteiger partial charge on any atom is -0.508 e. The van der Waals surface area contributed by atoms with Crippen molar-refractivity contribution in [1.82, 2.24) is 9.97 Å². The predicted octanol–water partition coefficient (Wildman–Crippen LogP) is 0.841.